The van der Waals surface area contributed by atoms with E-state index in [4.69, 9.17) is 23.2 Å². The Labute approximate surface area is 214 Å². The number of allylic oxidation sites excluding steroid dienone is 1. The summed E-state index contributed by atoms with van der Waals surface area (Å²) in [6.07, 6.45) is 3.10. The number of benzene rings is 2. The van der Waals surface area contributed by atoms with Gasteiger partial charge in [0.25, 0.3) is 11.6 Å². The Balaban J connectivity index is 1.66. The Kier molecular flexibility index (Phi) is 6.13. The number of carbonyl (C=O) groups is 1. The summed E-state index contributed by atoms with van der Waals surface area (Å²) in [4.78, 5) is 33.5. The molecular weight excluding hydrogens is 505 g/mol. The van der Waals surface area contributed by atoms with Crippen LogP contribution in [0.15, 0.2) is 78.3 Å². The third kappa shape index (κ3) is 4.28. The fourth-order valence-electron chi connectivity index (χ4n) is 4.01. The van der Waals surface area contributed by atoms with Crippen LogP contribution in [0.3, 0.4) is 0 Å². The number of nitro benzene ring substituents is 1. The summed E-state index contributed by atoms with van der Waals surface area (Å²) in [7, 11) is 0. The van der Waals surface area contributed by atoms with Gasteiger partial charge < -0.3 is 10.6 Å². The molecule has 0 saturated heterocycles. The van der Waals surface area contributed by atoms with Crippen molar-refractivity contribution in [2.75, 3.05) is 10.6 Å². The Morgan fingerprint density at radius 3 is 2.67 bits per heavy atom. The van der Waals surface area contributed by atoms with E-state index in [0.29, 0.717) is 38.8 Å². The molecule has 1 amide bonds. The maximum atomic E-state index is 13.5. The SMILES string of the molecule is CC1=C(C(=O)Nc2cccnc2)C(c2ccccc2[N+](=O)[O-])n2nc(-c3ccc(Cl)c(Cl)c3)nc2N1. The fourth-order valence-corrected chi connectivity index (χ4v) is 4.31. The standard InChI is InChI=1S/C24H17Cl2N7O3/c1-13-20(23(34)29-15-5-4-10-27-12-15)21(16-6-2-3-7-19(16)33(35)36)32-24(28-13)30-22(31-32)14-8-9-17(25)18(26)11-14/h2-12,21H,1H3,(H,29,34)(H,28,30,31). The number of halogens is 2. The lowest BCUT2D eigenvalue weighted by molar-refractivity contribution is -0.385. The van der Waals surface area contributed by atoms with Crippen molar-refractivity contribution in [2.45, 2.75) is 13.0 Å². The molecule has 2 aromatic carbocycles. The highest BCUT2D eigenvalue weighted by molar-refractivity contribution is 6.42. The molecule has 0 radical (unpaired) electrons. The lowest BCUT2D eigenvalue weighted by atomic mass is 9.93. The van der Waals surface area contributed by atoms with Gasteiger partial charge in [0.2, 0.25) is 5.95 Å². The highest BCUT2D eigenvalue weighted by Gasteiger charge is 2.37. The number of anilines is 2. The largest absolute Gasteiger partial charge is 0.328 e. The van der Waals surface area contributed by atoms with Gasteiger partial charge in [0, 0.05) is 23.5 Å². The Bertz CT molecular complexity index is 1540. The van der Waals surface area contributed by atoms with E-state index in [2.05, 4.69) is 25.7 Å². The van der Waals surface area contributed by atoms with Crippen molar-refractivity contribution < 1.29 is 9.72 Å². The number of nitrogens with one attached hydrogen (secondary N) is 2. The van der Waals surface area contributed by atoms with E-state index in [0.717, 1.165) is 0 Å². The molecule has 12 heteroatoms. The fraction of sp³-hybridized carbons (Fsp3) is 0.0833. The van der Waals surface area contributed by atoms with Gasteiger partial charge in [-0.2, -0.15) is 4.98 Å². The molecule has 2 N–H and O–H groups in total. The molecule has 10 nitrogen and oxygen atoms in total. The molecular formula is C24H17Cl2N7O3. The summed E-state index contributed by atoms with van der Waals surface area (Å²) in [5, 5.41) is 23.2. The van der Waals surface area contributed by atoms with Crippen LogP contribution < -0.4 is 10.6 Å². The van der Waals surface area contributed by atoms with Gasteiger partial charge in [0.15, 0.2) is 5.82 Å². The third-order valence-corrected chi connectivity index (χ3v) is 6.36. The van der Waals surface area contributed by atoms with Gasteiger partial charge in [0.1, 0.15) is 6.04 Å². The maximum absolute atomic E-state index is 13.5. The lowest BCUT2D eigenvalue weighted by Crippen LogP contribution is -2.32. The molecule has 2 aromatic heterocycles. The minimum atomic E-state index is -0.941. The summed E-state index contributed by atoms with van der Waals surface area (Å²) in [5.74, 6) is 0.157. The van der Waals surface area contributed by atoms with Gasteiger partial charge in [-0.3, -0.25) is 19.9 Å². The first kappa shape index (κ1) is 23.5. The van der Waals surface area contributed by atoms with Crippen LogP contribution in [0, 0.1) is 10.1 Å². The number of hydrogen-bond acceptors (Lipinski definition) is 7. The van der Waals surface area contributed by atoms with E-state index in [1.54, 1.807) is 61.7 Å². The van der Waals surface area contributed by atoms with Gasteiger partial charge >= 0.3 is 0 Å². The summed E-state index contributed by atoms with van der Waals surface area (Å²) in [5.41, 5.74) is 1.91. The van der Waals surface area contributed by atoms with Crippen LogP contribution in [0.1, 0.15) is 18.5 Å². The molecule has 1 atom stereocenters. The van der Waals surface area contributed by atoms with Crippen molar-refractivity contribution in [3.8, 4) is 11.4 Å². The number of aromatic nitrogens is 4. The van der Waals surface area contributed by atoms with E-state index >= 15 is 0 Å². The van der Waals surface area contributed by atoms with E-state index in [9.17, 15) is 14.9 Å². The average molecular weight is 522 g/mol. The summed E-state index contributed by atoms with van der Waals surface area (Å²) >= 11 is 12.2. The number of nitrogens with zero attached hydrogens (tertiary/aromatic N) is 5. The topological polar surface area (TPSA) is 128 Å². The minimum absolute atomic E-state index is 0.151. The van der Waals surface area contributed by atoms with Crippen LogP contribution >= 0.6 is 23.2 Å². The predicted molar refractivity (Wildman–Crippen MR) is 136 cm³/mol. The molecule has 1 aliphatic heterocycles. The number of hydrogen-bond donors (Lipinski definition) is 2. The molecule has 180 valence electrons. The van der Waals surface area contributed by atoms with E-state index in [-0.39, 0.29) is 16.8 Å². The number of para-hydroxylation sites is 1. The smallest absolute Gasteiger partial charge is 0.275 e. The van der Waals surface area contributed by atoms with E-state index in [1.807, 2.05) is 0 Å². The molecule has 5 rings (SSSR count). The van der Waals surface area contributed by atoms with E-state index < -0.39 is 16.9 Å². The van der Waals surface area contributed by atoms with Gasteiger partial charge in [-0.05, 0) is 43.3 Å². The zero-order valence-corrected chi connectivity index (χ0v) is 20.2. The zero-order valence-electron chi connectivity index (χ0n) is 18.6. The third-order valence-electron chi connectivity index (χ3n) is 5.62. The van der Waals surface area contributed by atoms with Crippen LogP contribution in [0.5, 0.6) is 0 Å². The molecule has 0 bridgehead atoms. The van der Waals surface area contributed by atoms with Crippen LogP contribution in [-0.4, -0.2) is 30.6 Å². The minimum Gasteiger partial charge on any atom is -0.328 e. The highest BCUT2D eigenvalue weighted by Crippen LogP contribution is 2.40. The molecule has 1 aliphatic rings. The number of amides is 1. The summed E-state index contributed by atoms with van der Waals surface area (Å²) < 4.78 is 1.46. The Morgan fingerprint density at radius 2 is 1.94 bits per heavy atom. The molecule has 4 aromatic rings. The second kappa shape index (κ2) is 9.40. The predicted octanol–water partition coefficient (Wildman–Crippen LogP) is 5.48. The first-order valence-corrected chi connectivity index (χ1v) is 11.4. The van der Waals surface area contributed by atoms with Crippen LogP contribution in [-0.2, 0) is 4.79 Å². The van der Waals surface area contributed by atoms with Gasteiger partial charge in [-0.15, -0.1) is 5.10 Å². The molecule has 0 fully saturated rings. The summed E-state index contributed by atoms with van der Waals surface area (Å²) in [6.45, 7) is 1.71. The number of carbonyl (C=O) groups excluding carboxylic acids is 1. The van der Waals surface area contributed by atoms with Crippen molar-refractivity contribution in [1.82, 2.24) is 19.7 Å². The highest BCUT2D eigenvalue weighted by atomic mass is 35.5. The van der Waals surface area contributed by atoms with Crippen LogP contribution in [0.4, 0.5) is 17.3 Å². The lowest BCUT2D eigenvalue weighted by Gasteiger charge is -2.28. The van der Waals surface area contributed by atoms with Crippen LogP contribution in [0.2, 0.25) is 10.0 Å². The number of rotatable bonds is 5. The zero-order chi connectivity index (χ0) is 25.4. The van der Waals surface area contributed by atoms with Gasteiger partial charge in [-0.1, -0.05) is 35.3 Å². The van der Waals surface area contributed by atoms with Crippen LogP contribution in [0.25, 0.3) is 11.4 Å². The first-order valence-electron chi connectivity index (χ1n) is 10.7. The monoisotopic (exact) mass is 521 g/mol. The molecule has 1 unspecified atom stereocenters. The quantitative estimate of drug-likeness (QED) is 0.262. The first-order chi connectivity index (χ1) is 17.3. The van der Waals surface area contributed by atoms with Crippen molar-refractivity contribution in [2.24, 2.45) is 0 Å². The van der Waals surface area contributed by atoms with Crippen molar-refractivity contribution in [1.29, 1.82) is 0 Å². The number of fused-ring (bicyclic) bond motifs is 1. The van der Waals surface area contributed by atoms with Crippen molar-refractivity contribution in [3.63, 3.8) is 0 Å². The van der Waals surface area contributed by atoms with Gasteiger partial charge in [0.05, 0.1) is 38.0 Å². The Morgan fingerprint density at radius 1 is 1.14 bits per heavy atom. The Hall–Kier alpha value is -4.28. The second-order valence-electron chi connectivity index (χ2n) is 7.91. The van der Waals surface area contributed by atoms with E-state index in [1.165, 1.54) is 16.9 Å². The molecule has 3 heterocycles. The maximum Gasteiger partial charge on any atom is 0.275 e. The van der Waals surface area contributed by atoms with Crippen molar-refractivity contribution in [3.05, 3.63) is 104 Å². The molecule has 0 spiro atoms. The van der Waals surface area contributed by atoms with Gasteiger partial charge in [-0.25, -0.2) is 4.68 Å². The summed E-state index contributed by atoms with van der Waals surface area (Å²) in [6, 6.07) is 13.6. The normalized spacial score (nSPS) is 14.7. The van der Waals surface area contributed by atoms with Crippen molar-refractivity contribution >= 4 is 46.4 Å². The number of nitro groups is 1. The molecule has 36 heavy (non-hydrogen) atoms. The molecule has 0 saturated carbocycles. The second-order valence-corrected chi connectivity index (χ2v) is 8.72. The molecule has 0 aliphatic carbocycles. The number of pyridine rings is 1. The average Bonchev–Trinajstić information content (AvgIpc) is 3.29.